The Bertz CT molecular complexity index is 495. The van der Waals surface area contributed by atoms with Gasteiger partial charge in [0.2, 0.25) is 0 Å². The van der Waals surface area contributed by atoms with Crippen molar-refractivity contribution in [2.24, 2.45) is 0 Å². The largest absolute Gasteiger partial charge is 0.476 e. The molecule has 0 amide bonds. The van der Waals surface area contributed by atoms with Crippen LogP contribution in [0.4, 0.5) is 5.69 Å². The third-order valence-electron chi connectivity index (χ3n) is 2.20. The van der Waals surface area contributed by atoms with Crippen LogP contribution in [0.3, 0.4) is 0 Å². The SMILES string of the molecule is O=C(O)c1cn(CCNc2ccccc2)nn1. The van der Waals surface area contributed by atoms with E-state index >= 15 is 0 Å². The third kappa shape index (κ3) is 3.04. The van der Waals surface area contributed by atoms with E-state index in [9.17, 15) is 4.79 Å². The van der Waals surface area contributed by atoms with Gasteiger partial charge in [0.15, 0.2) is 5.69 Å². The average molecular weight is 232 g/mol. The van der Waals surface area contributed by atoms with Crippen molar-refractivity contribution in [3.05, 3.63) is 42.2 Å². The van der Waals surface area contributed by atoms with Crippen LogP contribution in [0.5, 0.6) is 0 Å². The normalized spacial score (nSPS) is 10.1. The van der Waals surface area contributed by atoms with Gasteiger partial charge in [-0.25, -0.2) is 9.48 Å². The number of hydrogen-bond donors (Lipinski definition) is 2. The van der Waals surface area contributed by atoms with Crippen molar-refractivity contribution < 1.29 is 9.90 Å². The van der Waals surface area contributed by atoms with Crippen LogP contribution in [0.25, 0.3) is 0 Å². The maximum atomic E-state index is 10.6. The molecule has 6 heteroatoms. The molecule has 2 rings (SSSR count). The number of aromatic nitrogens is 3. The molecule has 0 aliphatic carbocycles. The number of para-hydroxylation sites is 1. The van der Waals surface area contributed by atoms with Gasteiger partial charge in [0, 0.05) is 12.2 Å². The second-order valence-electron chi connectivity index (χ2n) is 3.46. The highest BCUT2D eigenvalue weighted by atomic mass is 16.4. The molecule has 2 N–H and O–H groups in total. The van der Waals surface area contributed by atoms with Crippen LogP contribution in [0.1, 0.15) is 10.5 Å². The Morgan fingerprint density at radius 3 is 2.76 bits per heavy atom. The molecule has 6 nitrogen and oxygen atoms in total. The van der Waals surface area contributed by atoms with Gasteiger partial charge < -0.3 is 10.4 Å². The van der Waals surface area contributed by atoms with Gasteiger partial charge in [-0.1, -0.05) is 23.4 Å². The van der Waals surface area contributed by atoms with Crippen LogP contribution in [0.15, 0.2) is 36.5 Å². The lowest BCUT2D eigenvalue weighted by molar-refractivity contribution is 0.0690. The highest BCUT2D eigenvalue weighted by Gasteiger charge is 2.07. The van der Waals surface area contributed by atoms with E-state index < -0.39 is 5.97 Å². The lowest BCUT2D eigenvalue weighted by atomic mass is 10.3. The van der Waals surface area contributed by atoms with Gasteiger partial charge in [-0.05, 0) is 12.1 Å². The van der Waals surface area contributed by atoms with E-state index in [1.807, 2.05) is 30.3 Å². The topological polar surface area (TPSA) is 80.0 Å². The van der Waals surface area contributed by atoms with E-state index in [0.717, 1.165) is 5.69 Å². The number of carboxylic acid groups (broad SMARTS) is 1. The quantitative estimate of drug-likeness (QED) is 0.806. The van der Waals surface area contributed by atoms with Crippen molar-refractivity contribution in [2.75, 3.05) is 11.9 Å². The summed E-state index contributed by atoms with van der Waals surface area (Å²) >= 11 is 0. The molecule has 1 heterocycles. The summed E-state index contributed by atoms with van der Waals surface area (Å²) in [5, 5.41) is 19.1. The molecule has 17 heavy (non-hydrogen) atoms. The molecule has 0 aliphatic heterocycles. The summed E-state index contributed by atoms with van der Waals surface area (Å²) in [7, 11) is 0. The third-order valence-corrected chi connectivity index (χ3v) is 2.20. The molecule has 88 valence electrons. The molecule has 0 aliphatic rings. The highest BCUT2D eigenvalue weighted by molar-refractivity contribution is 5.84. The predicted octanol–water partition coefficient (Wildman–Crippen LogP) is 1.09. The fourth-order valence-electron chi connectivity index (χ4n) is 1.38. The zero-order valence-corrected chi connectivity index (χ0v) is 9.08. The maximum Gasteiger partial charge on any atom is 0.358 e. The number of carboxylic acids is 1. The summed E-state index contributed by atoms with van der Waals surface area (Å²) in [5.41, 5.74) is 0.982. The fourth-order valence-corrected chi connectivity index (χ4v) is 1.38. The molecule has 0 unspecified atom stereocenters. The first-order valence-corrected chi connectivity index (χ1v) is 5.18. The summed E-state index contributed by atoms with van der Waals surface area (Å²) in [5.74, 6) is -1.06. The van der Waals surface area contributed by atoms with Gasteiger partial charge in [-0.3, -0.25) is 0 Å². The van der Waals surface area contributed by atoms with Crippen LogP contribution in [0.2, 0.25) is 0 Å². The Labute approximate surface area is 97.9 Å². The maximum absolute atomic E-state index is 10.6. The van der Waals surface area contributed by atoms with Crippen LogP contribution in [-0.4, -0.2) is 32.6 Å². The van der Waals surface area contributed by atoms with Crippen LogP contribution < -0.4 is 5.32 Å². The van der Waals surface area contributed by atoms with Crippen molar-refractivity contribution in [3.63, 3.8) is 0 Å². The first-order chi connectivity index (χ1) is 8.25. The predicted molar refractivity (Wildman–Crippen MR) is 61.9 cm³/mol. The van der Waals surface area contributed by atoms with Gasteiger partial charge in [0.1, 0.15) is 0 Å². The zero-order valence-electron chi connectivity index (χ0n) is 9.08. The molecule has 0 saturated heterocycles. The molecule has 1 aromatic carbocycles. The van der Waals surface area contributed by atoms with Crippen molar-refractivity contribution in [1.82, 2.24) is 15.0 Å². The Morgan fingerprint density at radius 2 is 2.12 bits per heavy atom. The van der Waals surface area contributed by atoms with Gasteiger partial charge >= 0.3 is 5.97 Å². The number of nitrogens with zero attached hydrogens (tertiary/aromatic N) is 3. The van der Waals surface area contributed by atoms with E-state index in [0.29, 0.717) is 13.1 Å². The van der Waals surface area contributed by atoms with E-state index in [1.54, 1.807) is 0 Å². The number of benzene rings is 1. The lowest BCUT2D eigenvalue weighted by Gasteiger charge is -2.05. The Hall–Kier alpha value is -2.37. The van der Waals surface area contributed by atoms with Crippen LogP contribution >= 0.6 is 0 Å². The first kappa shape index (κ1) is 11.1. The molecule has 0 radical (unpaired) electrons. The second-order valence-corrected chi connectivity index (χ2v) is 3.46. The molecule has 2 aromatic rings. The standard InChI is InChI=1S/C11H12N4O2/c16-11(17)10-8-15(14-13-10)7-6-12-9-4-2-1-3-5-9/h1-5,8,12H,6-7H2,(H,16,17). The van der Waals surface area contributed by atoms with Gasteiger partial charge in [-0.15, -0.1) is 5.10 Å². The minimum atomic E-state index is -1.06. The molecule has 0 atom stereocenters. The van der Waals surface area contributed by atoms with Gasteiger partial charge in [-0.2, -0.15) is 0 Å². The first-order valence-electron chi connectivity index (χ1n) is 5.18. The van der Waals surface area contributed by atoms with Crippen LogP contribution in [0, 0.1) is 0 Å². The lowest BCUT2D eigenvalue weighted by Crippen LogP contribution is -2.10. The minimum absolute atomic E-state index is 0.0373. The van der Waals surface area contributed by atoms with E-state index in [1.165, 1.54) is 10.9 Å². The van der Waals surface area contributed by atoms with Crippen molar-refractivity contribution in [2.45, 2.75) is 6.54 Å². The summed E-state index contributed by atoms with van der Waals surface area (Å²) in [4.78, 5) is 10.6. The molecule has 1 aromatic heterocycles. The van der Waals surface area contributed by atoms with Crippen molar-refractivity contribution in [3.8, 4) is 0 Å². The molecular weight excluding hydrogens is 220 g/mol. The molecule has 0 saturated carbocycles. The van der Waals surface area contributed by atoms with Crippen molar-refractivity contribution >= 4 is 11.7 Å². The van der Waals surface area contributed by atoms with E-state index in [-0.39, 0.29) is 5.69 Å². The smallest absolute Gasteiger partial charge is 0.358 e. The monoisotopic (exact) mass is 232 g/mol. The summed E-state index contributed by atoms with van der Waals surface area (Å²) < 4.78 is 1.50. The number of nitrogens with one attached hydrogen (secondary N) is 1. The number of carbonyl (C=O) groups is 1. The fraction of sp³-hybridized carbons (Fsp3) is 0.182. The summed E-state index contributed by atoms with van der Waals surface area (Å²) in [6, 6.07) is 9.76. The molecule has 0 fully saturated rings. The summed E-state index contributed by atoms with van der Waals surface area (Å²) in [6.45, 7) is 1.22. The van der Waals surface area contributed by atoms with Gasteiger partial charge in [0.05, 0.1) is 12.7 Å². The molecule has 0 spiro atoms. The van der Waals surface area contributed by atoms with E-state index in [2.05, 4.69) is 15.6 Å². The number of aromatic carboxylic acids is 1. The Kier molecular flexibility index (Phi) is 3.34. The molecule has 0 bridgehead atoms. The second kappa shape index (κ2) is 5.11. The van der Waals surface area contributed by atoms with Gasteiger partial charge in [0.25, 0.3) is 0 Å². The number of anilines is 1. The van der Waals surface area contributed by atoms with E-state index in [4.69, 9.17) is 5.11 Å². The van der Waals surface area contributed by atoms with Crippen LogP contribution in [-0.2, 0) is 6.54 Å². The Balaban J connectivity index is 1.84. The molecular formula is C11H12N4O2. The highest BCUT2D eigenvalue weighted by Crippen LogP contribution is 2.04. The Morgan fingerprint density at radius 1 is 1.35 bits per heavy atom. The summed E-state index contributed by atoms with van der Waals surface area (Å²) in [6.07, 6.45) is 1.41. The number of rotatable bonds is 5. The number of hydrogen-bond acceptors (Lipinski definition) is 4. The minimum Gasteiger partial charge on any atom is -0.476 e. The average Bonchev–Trinajstić information content (AvgIpc) is 2.79. The zero-order chi connectivity index (χ0) is 12.1. The van der Waals surface area contributed by atoms with Crippen molar-refractivity contribution in [1.29, 1.82) is 0 Å².